The van der Waals surface area contributed by atoms with E-state index in [2.05, 4.69) is 14.7 Å². The van der Waals surface area contributed by atoms with Gasteiger partial charge in [-0.2, -0.15) is 4.37 Å². The number of aliphatic imine (C=N–C) groups is 1. The van der Waals surface area contributed by atoms with Crippen LogP contribution in [0, 0.1) is 19.8 Å². The van der Waals surface area contributed by atoms with Crippen molar-refractivity contribution in [3.63, 3.8) is 0 Å². The highest BCUT2D eigenvalue weighted by molar-refractivity contribution is 7.13. The van der Waals surface area contributed by atoms with E-state index in [0.717, 1.165) is 32.3 Å². The van der Waals surface area contributed by atoms with Crippen LogP contribution >= 0.6 is 22.9 Å². The number of thiazole rings is 1. The summed E-state index contributed by atoms with van der Waals surface area (Å²) in [6, 6.07) is 9.28. The van der Waals surface area contributed by atoms with E-state index in [1.165, 1.54) is 11.5 Å². The van der Waals surface area contributed by atoms with Crippen LogP contribution in [0.1, 0.15) is 54.9 Å². The molecule has 194 valence electrons. The van der Waals surface area contributed by atoms with Gasteiger partial charge in [-0.05, 0) is 55.4 Å². The van der Waals surface area contributed by atoms with Crippen LogP contribution in [-0.4, -0.2) is 55.7 Å². The fourth-order valence-corrected chi connectivity index (χ4v) is 7.02. The lowest BCUT2D eigenvalue weighted by atomic mass is 9.91. The maximum atomic E-state index is 13.8. The van der Waals surface area contributed by atoms with E-state index in [4.69, 9.17) is 4.99 Å². The third-order valence-electron chi connectivity index (χ3n) is 7.25. The number of hydrogen-bond acceptors (Lipinski definition) is 8. The fourth-order valence-electron chi connectivity index (χ4n) is 5.20. The van der Waals surface area contributed by atoms with Crippen molar-refractivity contribution in [2.24, 2.45) is 10.9 Å². The Kier molecular flexibility index (Phi) is 6.76. The number of β-amino-alcohol motifs (C(OH)–C–C–N with tert-alkyl or cyclic N) is 1. The molecule has 5 rings (SSSR count). The van der Waals surface area contributed by atoms with Gasteiger partial charge >= 0.3 is 0 Å². The van der Waals surface area contributed by atoms with E-state index in [1.54, 1.807) is 23.2 Å². The van der Waals surface area contributed by atoms with E-state index in [1.807, 2.05) is 63.5 Å². The zero-order valence-corrected chi connectivity index (χ0v) is 23.2. The summed E-state index contributed by atoms with van der Waals surface area (Å²) in [6.45, 7) is 9.92. The molecular formula is C27H31N5O3S2. The summed E-state index contributed by atoms with van der Waals surface area (Å²) in [6.07, 6.45) is -0.352. The minimum absolute atomic E-state index is 0.0526. The monoisotopic (exact) mass is 537 g/mol. The van der Waals surface area contributed by atoms with E-state index >= 15 is 0 Å². The molecule has 0 bridgehead atoms. The van der Waals surface area contributed by atoms with Crippen LogP contribution in [0.15, 0.2) is 40.8 Å². The highest BCUT2D eigenvalue weighted by Crippen LogP contribution is 2.37. The maximum Gasteiger partial charge on any atom is 0.257 e. The molecule has 2 amide bonds. The molecule has 2 N–H and O–H groups in total. The van der Waals surface area contributed by atoms with Crippen LogP contribution in [0.2, 0.25) is 0 Å². The zero-order valence-electron chi connectivity index (χ0n) is 21.6. The van der Waals surface area contributed by atoms with Crippen molar-refractivity contribution in [1.29, 1.82) is 0 Å². The predicted molar refractivity (Wildman–Crippen MR) is 146 cm³/mol. The molecule has 2 aromatic heterocycles. The largest absolute Gasteiger partial charge is 0.391 e. The number of carbonyl (C=O) groups excluding carboxylic acids is 2. The van der Waals surface area contributed by atoms with Gasteiger partial charge in [-0.1, -0.05) is 38.1 Å². The summed E-state index contributed by atoms with van der Waals surface area (Å²) in [4.78, 5) is 39.9. The first kappa shape index (κ1) is 25.7. The van der Waals surface area contributed by atoms with Crippen LogP contribution < -0.4 is 5.32 Å². The fraction of sp³-hybridized carbons (Fsp3) is 0.444. The molecule has 37 heavy (non-hydrogen) atoms. The minimum Gasteiger partial charge on any atom is -0.391 e. The summed E-state index contributed by atoms with van der Waals surface area (Å²) in [7, 11) is 0. The molecule has 0 saturated carbocycles. The van der Waals surface area contributed by atoms with Crippen molar-refractivity contribution >= 4 is 40.5 Å². The van der Waals surface area contributed by atoms with Crippen molar-refractivity contribution < 1.29 is 14.7 Å². The number of amides is 2. The van der Waals surface area contributed by atoms with Crippen molar-refractivity contribution in [3.05, 3.63) is 57.7 Å². The number of rotatable bonds is 6. The van der Waals surface area contributed by atoms with Crippen molar-refractivity contribution in [3.8, 4) is 10.4 Å². The molecule has 0 aliphatic carbocycles. The van der Waals surface area contributed by atoms with Gasteiger partial charge in [0.15, 0.2) is 5.54 Å². The van der Waals surface area contributed by atoms with Crippen molar-refractivity contribution in [2.75, 3.05) is 6.54 Å². The van der Waals surface area contributed by atoms with Gasteiger partial charge in [0.1, 0.15) is 5.84 Å². The standard InChI is InChI=1S/C27H31N5O3S2/c1-14(2)22(21-10-15(3)31-37-21)25(34)32-12-19(33)11-20(32)24-29-26(35)27(5,30-24)18-8-6-17(7-9-18)23-16(4)28-13-36-23/h6-10,13-14,19-20,22,33H,11-12H2,1-5H3,(H,29,30,35)/t19-,20-,22?,27+/m1/s1. The number of nitrogens with one attached hydrogen (secondary N) is 1. The van der Waals surface area contributed by atoms with Crippen LogP contribution in [0.25, 0.3) is 10.4 Å². The lowest BCUT2D eigenvalue weighted by molar-refractivity contribution is -0.134. The number of likely N-dealkylation sites (tertiary alicyclic amines) is 1. The first-order valence-corrected chi connectivity index (χ1v) is 14.1. The Morgan fingerprint density at radius 3 is 2.57 bits per heavy atom. The van der Waals surface area contributed by atoms with Crippen LogP contribution in [0.5, 0.6) is 0 Å². The first-order chi connectivity index (χ1) is 17.6. The van der Waals surface area contributed by atoms with Gasteiger partial charge in [0.2, 0.25) is 5.91 Å². The maximum absolute atomic E-state index is 13.8. The number of amidine groups is 1. The van der Waals surface area contributed by atoms with Gasteiger partial charge < -0.3 is 15.3 Å². The van der Waals surface area contributed by atoms with Gasteiger partial charge in [-0.25, -0.2) is 9.98 Å². The number of nitrogens with zero attached hydrogens (tertiary/aromatic N) is 4. The van der Waals surface area contributed by atoms with Crippen molar-refractivity contribution in [1.82, 2.24) is 19.6 Å². The first-order valence-electron chi connectivity index (χ1n) is 12.4. The normalized spacial score (nSPS) is 24.5. The van der Waals surface area contributed by atoms with Gasteiger partial charge in [0, 0.05) is 17.8 Å². The Morgan fingerprint density at radius 2 is 1.97 bits per heavy atom. The SMILES string of the molecule is Cc1cc(C(C(=O)N2C[C@H](O)C[C@@H]2C2=N[C@@](C)(c3ccc(-c4scnc4C)cc3)C(=O)N2)C(C)C)sn1. The lowest BCUT2D eigenvalue weighted by Crippen LogP contribution is -2.48. The third-order valence-corrected chi connectivity index (χ3v) is 9.19. The smallest absolute Gasteiger partial charge is 0.257 e. The Labute approximate surface area is 224 Å². The molecule has 1 unspecified atom stereocenters. The number of aliphatic hydroxyl groups excluding tert-OH is 1. The number of carbonyl (C=O) groups is 2. The second-order valence-electron chi connectivity index (χ2n) is 10.4. The molecule has 3 aromatic rings. The summed E-state index contributed by atoms with van der Waals surface area (Å²) in [5.74, 6) is -0.197. The molecule has 1 aromatic carbocycles. The molecule has 0 spiro atoms. The highest BCUT2D eigenvalue weighted by Gasteiger charge is 2.48. The quantitative estimate of drug-likeness (QED) is 0.494. The summed E-state index contributed by atoms with van der Waals surface area (Å²) in [5, 5.41) is 13.5. The lowest BCUT2D eigenvalue weighted by Gasteiger charge is -2.29. The van der Waals surface area contributed by atoms with E-state index in [0.29, 0.717) is 12.3 Å². The minimum atomic E-state index is -1.12. The summed E-state index contributed by atoms with van der Waals surface area (Å²) < 4.78 is 4.37. The third kappa shape index (κ3) is 4.62. The number of aryl methyl sites for hydroxylation is 2. The topological polar surface area (TPSA) is 108 Å². The molecule has 2 aliphatic heterocycles. The molecule has 4 atom stereocenters. The van der Waals surface area contributed by atoms with Gasteiger partial charge in [0.05, 0.1) is 39.8 Å². The Balaban J connectivity index is 1.43. The molecule has 0 radical (unpaired) electrons. The molecule has 10 heteroatoms. The van der Waals surface area contributed by atoms with Crippen molar-refractivity contribution in [2.45, 2.75) is 64.6 Å². The predicted octanol–water partition coefficient (Wildman–Crippen LogP) is 4.03. The van der Waals surface area contributed by atoms with E-state index < -0.39 is 17.7 Å². The second kappa shape index (κ2) is 9.74. The highest BCUT2D eigenvalue weighted by atomic mass is 32.1. The van der Waals surface area contributed by atoms with E-state index in [-0.39, 0.29) is 30.2 Å². The molecular weight excluding hydrogens is 506 g/mol. The molecule has 1 fully saturated rings. The number of hydrogen-bond donors (Lipinski definition) is 2. The van der Waals surface area contributed by atoms with Gasteiger partial charge in [0.25, 0.3) is 5.91 Å². The second-order valence-corrected chi connectivity index (χ2v) is 12.0. The van der Waals surface area contributed by atoms with Crippen LogP contribution in [0.4, 0.5) is 0 Å². The molecule has 2 aliphatic rings. The average molecular weight is 538 g/mol. The van der Waals surface area contributed by atoms with Gasteiger partial charge in [-0.3, -0.25) is 9.59 Å². The summed E-state index contributed by atoms with van der Waals surface area (Å²) >= 11 is 2.92. The van der Waals surface area contributed by atoms with Gasteiger partial charge in [-0.15, -0.1) is 11.3 Å². The number of benzene rings is 1. The van der Waals surface area contributed by atoms with Crippen LogP contribution in [-0.2, 0) is 15.1 Å². The Bertz CT molecular complexity index is 1360. The Hall–Kier alpha value is -2.95. The van der Waals surface area contributed by atoms with Crippen LogP contribution in [0.3, 0.4) is 0 Å². The van der Waals surface area contributed by atoms with E-state index in [9.17, 15) is 14.7 Å². The summed E-state index contributed by atoms with van der Waals surface area (Å²) in [5.41, 5.74) is 4.37. The number of aromatic nitrogens is 2. The average Bonchev–Trinajstić information content (AvgIpc) is 3.62. The Morgan fingerprint density at radius 1 is 1.24 bits per heavy atom. The molecule has 1 saturated heterocycles. The molecule has 8 nitrogen and oxygen atoms in total. The number of aliphatic hydroxyl groups is 1. The molecule has 4 heterocycles. The zero-order chi connectivity index (χ0) is 26.5.